The number of carbonyl (C=O) groups excluding carboxylic acids is 1. The summed E-state index contributed by atoms with van der Waals surface area (Å²) in [6, 6.07) is 0. The van der Waals surface area contributed by atoms with Crippen molar-refractivity contribution in [2.75, 3.05) is 26.3 Å². The molecule has 2 heterocycles. The van der Waals surface area contributed by atoms with Crippen molar-refractivity contribution in [1.82, 2.24) is 9.88 Å². The summed E-state index contributed by atoms with van der Waals surface area (Å²) >= 11 is 1.60. The molecule has 0 aliphatic carbocycles. The Balaban J connectivity index is 2.13. The summed E-state index contributed by atoms with van der Waals surface area (Å²) in [5, 5.41) is 0.967. The van der Waals surface area contributed by atoms with Crippen molar-refractivity contribution in [2.45, 2.75) is 26.3 Å². The summed E-state index contributed by atoms with van der Waals surface area (Å²) in [6.45, 7) is 8.26. The number of hydrogen-bond donors (Lipinski definition) is 1. The van der Waals surface area contributed by atoms with Crippen molar-refractivity contribution >= 4 is 17.2 Å². The number of aromatic nitrogens is 1. The highest BCUT2D eigenvalue weighted by atomic mass is 32.1. The Hall–Kier alpha value is -0.980. The lowest BCUT2D eigenvalue weighted by atomic mass is 10.1. The van der Waals surface area contributed by atoms with Crippen molar-refractivity contribution in [2.24, 2.45) is 5.73 Å². The van der Waals surface area contributed by atoms with E-state index in [-0.39, 0.29) is 5.92 Å². The summed E-state index contributed by atoms with van der Waals surface area (Å²) in [5.74, 6) is -0.147. The lowest BCUT2D eigenvalue weighted by molar-refractivity contribution is 0.0341. The van der Waals surface area contributed by atoms with Gasteiger partial charge < -0.3 is 10.5 Å². The first-order valence-corrected chi connectivity index (χ1v) is 6.99. The van der Waals surface area contributed by atoms with E-state index in [9.17, 15) is 4.79 Å². The van der Waals surface area contributed by atoms with E-state index in [0.717, 1.165) is 42.7 Å². The highest BCUT2D eigenvalue weighted by Crippen LogP contribution is 2.27. The van der Waals surface area contributed by atoms with Crippen LogP contribution in [0.4, 0.5) is 0 Å². The molecule has 1 amide bonds. The van der Waals surface area contributed by atoms with Gasteiger partial charge in [0.2, 0.25) is 0 Å². The molecule has 100 valence electrons. The number of amides is 1. The van der Waals surface area contributed by atoms with Crippen LogP contribution in [0.15, 0.2) is 0 Å². The van der Waals surface area contributed by atoms with Crippen molar-refractivity contribution in [1.29, 1.82) is 0 Å². The predicted octanol–water partition coefficient (Wildman–Crippen LogP) is 1.20. The molecular weight excluding hydrogens is 250 g/mol. The van der Waals surface area contributed by atoms with Gasteiger partial charge in [0.05, 0.1) is 19.8 Å². The van der Waals surface area contributed by atoms with E-state index in [1.807, 2.05) is 0 Å². The second kappa shape index (κ2) is 5.77. The van der Waals surface area contributed by atoms with E-state index in [1.165, 1.54) is 0 Å². The van der Waals surface area contributed by atoms with Crippen LogP contribution in [0.5, 0.6) is 0 Å². The van der Waals surface area contributed by atoms with Crippen LogP contribution in [0.1, 0.15) is 40.1 Å². The van der Waals surface area contributed by atoms with Crippen molar-refractivity contribution in [3.8, 4) is 0 Å². The Bertz CT molecular complexity index is 425. The number of nitrogens with two attached hydrogens (primary N) is 1. The van der Waals surface area contributed by atoms with E-state index in [2.05, 4.69) is 23.7 Å². The van der Waals surface area contributed by atoms with Gasteiger partial charge in [-0.2, -0.15) is 0 Å². The maximum absolute atomic E-state index is 11.4. The number of carbonyl (C=O) groups is 1. The van der Waals surface area contributed by atoms with E-state index >= 15 is 0 Å². The van der Waals surface area contributed by atoms with Crippen LogP contribution in [0.2, 0.25) is 0 Å². The Kier molecular flexibility index (Phi) is 4.31. The number of thiazole rings is 1. The number of nitrogens with zero attached hydrogens (tertiary/aromatic N) is 2. The Morgan fingerprint density at radius 3 is 2.67 bits per heavy atom. The topological polar surface area (TPSA) is 68.4 Å². The van der Waals surface area contributed by atoms with Gasteiger partial charge >= 0.3 is 0 Å². The maximum Gasteiger partial charge on any atom is 0.268 e. The molecule has 0 bridgehead atoms. The van der Waals surface area contributed by atoms with Gasteiger partial charge in [-0.25, -0.2) is 4.98 Å². The zero-order chi connectivity index (χ0) is 13.1. The highest BCUT2D eigenvalue weighted by Gasteiger charge is 2.20. The highest BCUT2D eigenvalue weighted by molar-refractivity contribution is 7.12. The van der Waals surface area contributed by atoms with Crippen LogP contribution in [-0.4, -0.2) is 42.1 Å². The first-order chi connectivity index (χ1) is 8.58. The third-order valence-electron chi connectivity index (χ3n) is 2.92. The van der Waals surface area contributed by atoms with Gasteiger partial charge in [-0.15, -0.1) is 11.3 Å². The molecule has 1 aliphatic rings. The minimum atomic E-state index is -0.428. The van der Waals surface area contributed by atoms with Crippen LogP contribution >= 0.6 is 11.3 Å². The Labute approximate surface area is 111 Å². The molecule has 1 aromatic rings. The largest absolute Gasteiger partial charge is 0.379 e. The van der Waals surface area contributed by atoms with Crippen LogP contribution in [0.3, 0.4) is 0 Å². The van der Waals surface area contributed by atoms with Gasteiger partial charge in [0.1, 0.15) is 10.7 Å². The Morgan fingerprint density at radius 1 is 1.50 bits per heavy atom. The van der Waals surface area contributed by atoms with Gasteiger partial charge in [-0.1, -0.05) is 13.8 Å². The summed E-state index contributed by atoms with van der Waals surface area (Å²) in [5.41, 5.74) is 5.81. The lowest BCUT2D eigenvalue weighted by Gasteiger charge is -2.25. The fourth-order valence-electron chi connectivity index (χ4n) is 1.96. The minimum Gasteiger partial charge on any atom is -0.379 e. The summed E-state index contributed by atoms with van der Waals surface area (Å²) in [4.78, 5) is 19.0. The van der Waals surface area contributed by atoms with Gasteiger partial charge in [-0.3, -0.25) is 9.69 Å². The van der Waals surface area contributed by atoms with Gasteiger partial charge in [0, 0.05) is 18.0 Å². The molecule has 5 nitrogen and oxygen atoms in total. The lowest BCUT2D eigenvalue weighted by Crippen LogP contribution is -2.35. The van der Waals surface area contributed by atoms with Gasteiger partial charge in [0.25, 0.3) is 5.91 Å². The quantitative estimate of drug-likeness (QED) is 0.891. The molecule has 2 N–H and O–H groups in total. The fourth-order valence-corrected chi connectivity index (χ4v) is 3.08. The van der Waals surface area contributed by atoms with Gasteiger partial charge in [0.15, 0.2) is 0 Å². The molecular formula is C12H19N3O2S. The first-order valence-electron chi connectivity index (χ1n) is 6.17. The number of rotatable bonds is 4. The maximum atomic E-state index is 11.4. The number of ether oxygens (including phenoxy) is 1. The normalized spacial score (nSPS) is 17.3. The average molecular weight is 269 g/mol. The summed E-state index contributed by atoms with van der Waals surface area (Å²) in [6.07, 6.45) is 0. The van der Waals surface area contributed by atoms with Crippen molar-refractivity contribution in [3.05, 3.63) is 15.6 Å². The van der Waals surface area contributed by atoms with Crippen LogP contribution in [0, 0.1) is 0 Å². The van der Waals surface area contributed by atoms with E-state index < -0.39 is 5.91 Å². The third-order valence-corrected chi connectivity index (χ3v) is 4.26. The molecule has 2 rings (SSSR count). The zero-order valence-corrected chi connectivity index (χ0v) is 11.6. The molecule has 1 aromatic heterocycles. The number of primary amides is 1. The molecule has 1 fully saturated rings. The first kappa shape index (κ1) is 13.5. The molecule has 0 aromatic carbocycles. The smallest absolute Gasteiger partial charge is 0.268 e. The molecule has 0 unspecified atom stereocenters. The molecule has 6 heteroatoms. The van der Waals surface area contributed by atoms with Crippen molar-refractivity contribution < 1.29 is 9.53 Å². The molecule has 0 saturated carbocycles. The second-order valence-corrected chi connectivity index (χ2v) is 5.84. The van der Waals surface area contributed by atoms with Crippen LogP contribution < -0.4 is 5.73 Å². The van der Waals surface area contributed by atoms with Crippen molar-refractivity contribution in [3.63, 3.8) is 0 Å². The summed E-state index contributed by atoms with van der Waals surface area (Å²) < 4.78 is 5.31. The minimum absolute atomic E-state index is 0.281. The van der Waals surface area contributed by atoms with Crippen LogP contribution in [0.25, 0.3) is 0 Å². The number of hydrogen-bond acceptors (Lipinski definition) is 5. The average Bonchev–Trinajstić information content (AvgIpc) is 2.74. The molecule has 1 saturated heterocycles. The fraction of sp³-hybridized carbons (Fsp3) is 0.667. The summed E-state index contributed by atoms with van der Waals surface area (Å²) in [7, 11) is 0. The molecule has 0 radical (unpaired) electrons. The zero-order valence-electron chi connectivity index (χ0n) is 10.8. The molecule has 0 atom stereocenters. The monoisotopic (exact) mass is 269 g/mol. The standard InChI is InChI=1S/C12H19N3O2S/c1-8(2)11-10(12(13)16)14-9(18-11)7-15-3-5-17-6-4-15/h8H,3-7H2,1-2H3,(H2,13,16). The SMILES string of the molecule is CC(C)c1sc(CN2CCOCC2)nc1C(N)=O. The second-order valence-electron chi connectivity index (χ2n) is 4.73. The van der Waals surface area contributed by atoms with E-state index in [1.54, 1.807) is 11.3 Å². The van der Waals surface area contributed by atoms with E-state index in [4.69, 9.17) is 10.5 Å². The third kappa shape index (κ3) is 3.07. The molecule has 18 heavy (non-hydrogen) atoms. The molecule has 1 aliphatic heterocycles. The Morgan fingerprint density at radius 2 is 2.17 bits per heavy atom. The molecule has 0 spiro atoms. The van der Waals surface area contributed by atoms with Gasteiger partial charge in [-0.05, 0) is 5.92 Å². The van der Waals surface area contributed by atoms with E-state index in [0.29, 0.717) is 5.69 Å². The predicted molar refractivity (Wildman–Crippen MR) is 70.8 cm³/mol. The number of morpholine rings is 1. The van der Waals surface area contributed by atoms with Crippen LogP contribution in [-0.2, 0) is 11.3 Å².